The number of hydrogen-bond donors (Lipinski definition) is 2. The van der Waals surface area contributed by atoms with E-state index < -0.39 is 0 Å². The van der Waals surface area contributed by atoms with E-state index in [-0.39, 0.29) is 0 Å². The first-order valence-electron chi connectivity index (χ1n) is 10.2. The van der Waals surface area contributed by atoms with Gasteiger partial charge in [-0.2, -0.15) is 0 Å². The lowest BCUT2D eigenvalue weighted by molar-refractivity contribution is 0.146. The first kappa shape index (κ1) is 19.1. The zero-order chi connectivity index (χ0) is 21.0. The Balaban J connectivity index is 1.32. The molecule has 156 valence electrons. The predicted molar refractivity (Wildman–Crippen MR) is 122 cm³/mol. The van der Waals surface area contributed by atoms with Crippen molar-refractivity contribution in [3.63, 3.8) is 0 Å². The average Bonchev–Trinajstić information content (AvgIpc) is 2.79. The lowest BCUT2D eigenvalue weighted by atomic mass is 10.1. The second-order valence-corrected chi connectivity index (χ2v) is 7.29. The SMILES string of the molecule is COCCOc1cccc(Nc2ccc3[nH]n(Cc4ccc5ncccc5c4)c3n2)c1. The standard InChI is InChI=1S/C24H23N5O2/c1-30-12-13-31-20-6-2-5-19(15-20)26-23-10-9-22-24(27-23)29(28-22)16-17-7-8-21-18(14-17)4-3-11-25-21/h2-11,14-15,28H,12-13,16H2,1H3,(H,26,27). The third-order valence-corrected chi connectivity index (χ3v) is 5.06. The fourth-order valence-electron chi connectivity index (χ4n) is 3.53. The first-order chi connectivity index (χ1) is 15.3. The van der Waals surface area contributed by atoms with Gasteiger partial charge in [-0.15, -0.1) is 0 Å². The number of rotatable bonds is 8. The number of nitrogens with zero attached hydrogens (tertiary/aromatic N) is 3. The molecule has 0 aliphatic rings. The lowest BCUT2D eigenvalue weighted by Crippen LogP contribution is -2.14. The Morgan fingerprint density at radius 2 is 1.97 bits per heavy atom. The number of benzene rings is 2. The molecule has 7 nitrogen and oxygen atoms in total. The monoisotopic (exact) mass is 413 g/mol. The van der Waals surface area contributed by atoms with Crippen LogP contribution in [0.5, 0.6) is 5.75 Å². The van der Waals surface area contributed by atoms with Crippen molar-refractivity contribution in [3.8, 4) is 5.75 Å². The highest BCUT2D eigenvalue weighted by atomic mass is 16.5. The minimum absolute atomic E-state index is 0.516. The maximum Gasteiger partial charge on any atom is 0.175 e. The van der Waals surface area contributed by atoms with Gasteiger partial charge in [-0.1, -0.05) is 18.2 Å². The summed E-state index contributed by atoms with van der Waals surface area (Å²) in [4.78, 5) is 9.16. The highest BCUT2D eigenvalue weighted by Crippen LogP contribution is 2.23. The Hall–Kier alpha value is -3.84. The van der Waals surface area contributed by atoms with Crippen LogP contribution in [0.25, 0.3) is 22.1 Å². The molecule has 5 aromatic rings. The zero-order valence-electron chi connectivity index (χ0n) is 17.2. The number of ether oxygens (including phenoxy) is 2. The summed E-state index contributed by atoms with van der Waals surface area (Å²) in [6.45, 7) is 1.79. The number of nitrogens with one attached hydrogen (secondary N) is 2. The fraction of sp³-hybridized carbons (Fsp3) is 0.167. The van der Waals surface area contributed by atoms with Crippen molar-refractivity contribution in [1.82, 2.24) is 19.7 Å². The number of pyridine rings is 2. The molecule has 3 heterocycles. The average molecular weight is 413 g/mol. The Labute approximate surface area is 179 Å². The van der Waals surface area contributed by atoms with Gasteiger partial charge >= 0.3 is 0 Å². The van der Waals surface area contributed by atoms with Crippen molar-refractivity contribution in [2.45, 2.75) is 6.54 Å². The molecule has 0 radical (unpaired) electrons. The van der Waals surface area contributed by atoms with Gasteiger partial charge < -0.3 is 14.8 Å². The van der Waals surface area contributed by atoms with Crippen molar-refractivity contribution < 1.29 is 9.47 Å². The van der Waals surface area contributed by atoms with Crippen LogP contribution in [0.4, 0.5) is 11.5 Å². The molecule has 2 N–H and O–H groups in total. The van der Waals surface area contributed by atoms with Crippen LogP contribution in [-0.4, -0.2) is 40.1 Å². The maximum atomic E-state index is 5.68. The van der Waals surface area contributed by atoms with Crippen LogP contribution in [0.15, 0.2) is 72.9 Å². The van der Waals surface area contributed by atoms with Crippen molar-refractivity contribution in [2.24, 2.45) is 0 Å². The Morgan fingerprint density at radius 1 is 1.00 bits per heavy atom. The van der Waals surface area contributed by atoms with Crippen molar-refractivity contribution in [1.29, 1.82) is 0 Å². The first-order valence-corrected chi connectivity index (χ1v) is 10.2. The number of anilines is 2. The zero-order valence-corrected chi connectivity index (χ0v) is 17.2. The van der Waals surface area contributed by atoms with Crippen LogP contribution in [0.3, 0.4) is 0 Å². The van der Waals surface area contributed by atoms with Gasteiger partial charge in [-0.05, 0) is 48.0 Å². The number of methoxy groups -OCH3 is 1. The Morgan fingerprint density at radius 3 is 2.90 bits per heavy atom. The van der Waals surface area contributed by atoms with E-state index in [0.717, 1.165) is 45.9 Å². The summed E-state index contributed by atoms with van der Waals surface area (Å²) >= 11 is 0. The van der Waals surface area contributed by atoms with Gasteiger partial charge in [-0.25, -0.2) is 4.98 Å². The van der Waals surface area contributed by atoms with E-state index in [9.17, 15) is 0 Å². The third kappa shape index (κ3) is 4.22. The molecular weight excluding hydrogens is 390 g/mol. The van der Waals surface area contributed by atoms with E-state index in [1.807, 2.05) is 53.3 Å². The van der Waals surface area contributed by atoms with Crippen LogP contribution in [-0.2, 0) is 11.3 Å². The van der Waals surface area contributed by atoms with Crippen LogP contribution in [0.2, 0.25) is 0 Å². The molecule has 0 saturated heterocycles. The van der Waals surface area contributed by atoms with Gasteiger partial charge in [0.05, 0.1) is 24.2 Å². The second-order valence-electron chi connectivity index (χ2n) is 7.29. The molecule has 0 aliphatic heterocycles. The second kappa shape index (κ2) is 8.49. The molecule has 0 spiro atoms. The van der Waals surface area contributed by atoms with Crippen molar-refractivity contribution >= 4 is 33.6 Å². The fourth-order valence-corrected chi connectivity index (χ4v) is 3.53. The van der Waals surface area contributed by atoms with Gasteiger partial charge in [0, 0.05) is 30.4 Å². The van der Waals surface area contributed by atoms with E-state index in [1.165, 1.54) is 5.56 Å². The van der Waals surface area contributed by atoms with Crippen molar-refractivity contribution in [3.05, 3.63) is 78.5 Å². The Kier molecular flexibility index (Phi) is 5.24. The van der Waals surface area contributed by atoms with Crippen LogP contribution in [0, 0.1) is 0 Å². The molecule has 31 heavy (non-hydrogen) atoms. The van der Waals surface area contributed by atoms with Gasteiger partial charge in [0.1, 0.15) is 18.2 Å². The molecule has 0 amide bonds. The number of hydrogen-bond acceptors (Lipinski definition) is 5. The molecule has 0 atom stereocenters. The van der Waals surface area contributed by atoms with Crippen LogP contribution < -0.4 is 10.1 Å². The number of aromatic nitrogens is 4. The molecule has 5 rings (SSSR count). The highest BCUT2D eigenvalue weighted by Gasteiger charge is 2.10. The van der Waals surface area contributed by atoms with Crippen LogP contribution in [0.1, 0.15) is 5.56 Å². The van der Waals surface area contributed by atoms with E-state index >= 15 is 0 Å². The normalized spacial score (nSPS) is 11.3. The van der Waals surface area contributed by atoms with Gasteiger partial charge in [0.15, 0.2) is 5.65 Å². The van der Waals surface area contributed by atoms with E-state index in [2.05, 4.69) is 39.7 Å². The third-order valence-electron chi connectivity index (χ3n) is 5.06. The van der Waals surface area contributed by atoms with Crippen LogP contribution >= 0.6 is 0 Å². The summed E-state index contributed by atoms with van der Waals surface area (Å²) in [6.07, 6.45) is 1.81. The molecule has 0 aliphatic carbocycles. The summed E-state index contributed by atoms with van der Waals surface area (Å²) in [7, 11) is 1.66. The Bertz CT molecular complexity index is 1320. The molecule has 0 saturated carbocycles. The minimum Gasteiger partial charge on any atom is -0.491 e. The van der Waals surface area contributed by atoms with Gasteiger partial charge in [-0.3, -0.25) is 14.8 Å². The lowest BCUT2D eigenvalue weighted by Gasteiger charge is -2.17. The maximum absolute atomic E-state index is 5.68. The predicted octanol–water partition coefficient (Wildman–Crippen LogP) is 4.73. The van der Waals surface area contributed by atoms with Gasteiger partial charge in [0.2, 0.25) is 0 Å². The summed E-state index contributed by atoms with van der Waals surface area (Å²) in [5.74, 6) is 1.57. The molecule has 0 fully saturated rings. The number of fused-ring (bicyclic) bond motifs is 2. The molecule has 0 bridgehead atoms. The smallest absolute Gasteiger partial charge is 0.175 e. The molecule has 7 heteroatoms. The van der Waals surface area contributed by atoms with Crippen molar-refractivity contribution in [2.75, 3.05) is 25.6 Å². The molecule has 3 aromatic heterocycles. The van der Waals surface area contributed by atoms with E-state index in [4.69, 9.17) is 14.5 Å². The minimum atomic E-state index is 0.516. The highest BCUT2D eigenvalue weighted by molar-refractivity contribution is 5.79. The molecule has 2 aromatic carbocycles. The van der Waals surface area contributed by atoms with Gasteiger partial charge in [0.25, 0.3) is 0 Å². The summed E-state index contributed by atoms with van der Waals surface area (Å²) in [6, 6.07) is 22.2. The summed E-state index contributed by atoms with van der Waals surface area (Å²) in [5.41, 5.74) is 5.05. The number of H-pyrrole nitrogens is 1. The summed E-state index contributed by atoms with van der Waals surface area (Å²) < 4.78 is 12.8. The van der Waals surface area contributed by atoms with E-state index in [0.29, 0.717) is 13.2 Å². The number of aromatic amines is 1. The van der Waals surface area contributed by atoms with E-state index in [1.54, 1.807) is 7.11 Å². The quantitative estimate of drug-likeness (QED) is 0.360. The molecule has 0 unspecified atom stereocenters. The topological polar surface area (TPSA) is 77.0 Å². The molecular formula is C24H23N5O2. The largest absolute Gasteiger partial charge is 0.491 e. The summed E-state index contributed by atoms with van der Waals surface area (Å²) in [5, 5.41) is 7.84.